The highest BCUT2D eigenvalue weighted by Gasteiger charge is 2.17. The number of amides is 1. The average Bonchev–Trinajstić information content (AvgIpc) is 2.29. The summed E-state index contributed by atoms with van der Waals surface area (Å²) in [6.45, 7) is 6.74. The summed E-state index contributed by atoms with van der Waals surface area (Å²) in [7, 11) is 1.54. The van der Waals surface area contributed by atoms with E-state index in [4.69, 9.17) is 16.3 Å². The van der Waals surface area contributed by atoms with E-state index in [1.807, 2.05) is 12.1 Å². The van der Waals surface area contributed by atoms with Crippen molar-refractivity contribution in [2.75, 3.05) is 13.7 Å². The fourth-order valence-electron chi connectivity index (χ4n) is 1.64. The normalized spacial score (nSPS) is 11.2. The van der Waals surface area contributed by atoms with E-state index in [1.165, 1.54) is 0 Å². The fourth-order valence-corrected chi connectivity index (χ4v) is 2.04. The first-order valence-corrected chi connectivity index (χ1v) is 6.36. The molecule has 3 nitrogen and oxygen atoms in total. The summed E-state index contributed by atoms with van der Waals surface area (Å²) in [6, 6.07) is 5.94. The minimum atomic E-state index is -0.403. The molecule has 0 aliphatic rings. The van der Waals surface area contributed by atoms with Crippen molar-refractivity contribution < 1.29 is 9.53 Å². The van der Waals surface area contributed by atoms with Crippen LogP contribution in [-0.2, 0) is 16.6 Å². The first kappa shape index (κ1) is 14.8. The number of benzene rings is 1. The van der Waals surface area contributed by atoms with Crippen molar-refractivity contribution >= 4 is 17.7 Å². The number of rotatable bonds is 3. The van der Waals surface area contributed by atoms with Crippen molar-refractivity contribution in [1.29, 1.82) is 0 Å². The molecule has 0 unspecified atom stereocenters. The van der Waals surface area contributed by atoms with Crippen LogP contribution >= 0.6 is 11.6 Å². The van der Waals surface area contributed by atoms with E-state index < -0.39 is 6.09 Å². The summed E-state index contributed by atoms with van der Waals surface area (Å²) < 4.78 is 4.97. The topological polar surface area (TPSA) is 38.3 Å². The highest BCUT2D eigenvalue weighted by molar-refractivity contribution is 6.31. The Morgan fingerprint density at radius 2 is 2.06 bits per heavy atom. The lowest BCUT2D eigenvalue weighted by atomic mass is 9.86. The third-order valence-corrected chi connectivity index (χ3v) is 3.00. The molecule has 1 N–H and O–H groups in total. The summed E-state index contributed by atoms with van der Waals surface area (Å²) in [4.78, 5) is 10.9. The largest absolute Gasteiger partial charge is 0.449 e. The molecule has 0 radical (unpaired) electrons. The van der Waals surface area contributed by atoms with E-state index in [1.54, 1.807) is 7.05 Å². The molecular weight excluding hydrogens is 250 g/mol. The number of nitrogens with one attached hydrogen (secondary N) is 1. The summed E-state index contributed by atoms with van der Waals surface area (Å²) in [5, 5.41) is 3.19. The van der Waals surface area contributed by atoms with Crippen LogP contribution in [0.1, 0.15) is 31.9 Å². The number of hydrogen-bond donors (Lipinski definition) is 1. The molecule has 0 spiro atoms. The Kier molecular flexibility index (Phi) is 5.03. The van der Waals surface area contributed by atoms with Gasteiger partial charge < -0.3 is 10.1 Å². The van der Waals surface area contributed by atoms with E-state index in [2.05, 4.69) is 32.2 Å². The van der Waals surface area contributed by atoms with Crippen LogP contribution in [0.3, 0.4) is 0 Å². The predicted molar refractivity (Wildman–Crippen MR) is 74.3 cm³/mol. The molecule has 100 valence electrons. The molecular formula is C14H20ClNO2. The van der Waals surface area contributed by atoms with E-state index >= 15 is 0 Å². The minimum Gasteiger partial charge on any atom is -0.449 e. The molecule has 1 aromatic carbocycles. The smallest absolute Gasteiger partial charge is 0.406 e. The van der Waals surface area contributed by atoms with Crippen LogP contribution in [0.5, 0.6) is 0 Å². The zero-order valence-corrected chi connectivity index (χ0v) is 12.1. The average molecular weight is 270 g/mol. The van der Waals surface area contributed by atoms with Gasteiger partial charge in [0, 0.05) is 18.5 Å². The van der Waals surface area contributed by atoms with Crippen molar-refractivity contribution in [1.82, 2.24) is 5.32 Å². The standard InChI is InChI=1S/C14H20ClNO2/c1-14(2,3)11-9-10(5-6-12(11)15)7-8-18-13(17)16-4/h5-6,9H,7-8H2,1-4H3,(H,16,17). The Morgan fingerprint density at radius 3 is 2.61 bits per heavy atom. The second-order valence-corrected chi connectivity index (χ2v) is 5.61. The molecule has 0 bridgehead atoms. The Morgan fingerprint density at radius 1 is 1.39 bits per heavy atom. The summed E-state index contributed by atoms with van der Waals surface area (Å²) >= 11 is 6.19. The quantitative estimate of drug-likeness (QED) is 0.912. The van der Waals surface area contributed by atoms with Crippen LogP contribution in [0.2, 0.25) is 5.02 Å². The van der Waals surface area contributed by atoms with Crippen molar-refractivity contribution in [2.45, 2.75) is 32.6 Å². The SMILES string of the molecule is CNC(=O)OCCc1ccc(Cl)c(C(C)(C)C)c1. The van der Waals surface area contributed by atoms with Gasteiger partial charge in [0.1, 0.15) is 0 Å². The highest BCUT2D eigenvalue weighted by atomic mass is 35.5. The van der Waals surface area contributed by atoms with Gasteiger partial charge in [-0.05, 0) is 22.6 Å². The molecule has 0 saturated carbocycles. The van der Waals surface area contributed by atoms with Gasteiger partial charge in [0.05, 0.1) is 6.61 Å². The van der Waals surface area contributed by atoms with Crippen LogP contribution in [0.4, 0.5) is 4.79 Å². The number of halogens is 1. The van der Waals surface area contributed by atoms with Crippen LogP contribution < -0.4 is 5.32 Å². The Labute approximate surface area is 113 Å². The van der Waals surface area contributed by atoms with E-state index in [9.17, 15) is 4.79 Å². The van der Waals surface area contributed by atoms with Gasteiger partial charge >= 0.3 is 6.09 Å². The van der Waals surface area contributed by atoms with Crippen LogP contribution in [0.25, 0.3) is 0 Å². The zero-order valence-electron chi connectivity index (χ0n) is 11.3. The van der Waals surface area contributed by atoms with Crippen LogP contribution in [-0.4, -0.2) is 19.7 Å². The van der Waals surface area contributed by atoms with Crippen LogP contribution in [0.15, 0.2) is 18.2 Å². The minimum absolute atomic E-state index is 0.00867. The van der Waals surface area contributed by atoms with Crippen molar-refractivity contribution in [3.05, 3.63) is 34.3 Å². The van der Waals surface area contributed by atoms with Crippen molar-refractivity contribution in [2.24, 2.45) is 0 Å². The first-order valence-electron chi connectivity index (χ1n) is 5.98. The summed E-state index contributed by atoms with van der Waals surface area (Å²) in [5.41, 5.74) is 2.24. The molecule has 1 rings (SSSR count). The molecule has 0 atom stereocenters. The predicted octanol–water partition coefficient (Wildman–Crippen LogP) is 3.54. The van der Waals surface area contributed by atoms with Gasteiger partial charge in [-0.2, -0.15) is 0 Å². The fraction of sp³-hybridized carbons (Fsp3) is 0.500. The third kappa shape index (κ3) is 4.22. The number of carbonyl (C=O) groups is 1. The molecule has 0 saturated heterocycles. The highest BCUT2D eigenvalue weighted by Crippen LogP contribution is 2.30. The second-order valence-electron chi connectivity index (χ2n) is 5.20. The maximum absolute atomic E-state index is 10.9. The molecule has 0 heterocycles. The van der Waals surface area contributed by atoms with E-state index in [-0.39, 0.29) is 5.41 Å². The van der Waals surface area contributed by atoms with Gasteiger partial charge in [0.2, 0.25) is 0 Å². The van der Waals surface area contributed by atoms with Gasteiger partial charge in [-0.25, -0.2) is 4.79 Å². The summed E-state index contributed by atoms with van der Waals surface area (Å²) in [6.07, 6.45) is 0.285. The maximum Gasteiger partial charge on any atom is 0.406 e. The van der Waals surface area contributed by atoms with Gasteiger partial charge in [0.15, 0.2) is 0 Å². The lowest BCUT2D eigenvalue weighted by Gasteiger charge is -2.21. The maximum atomic E-state index is 10.9. The second kappa shape index (κ2) is 6.10. The molecule has 1 aromatic rings. The monoisotopic (exact) mass is 269 g/mol. The lowest BCUT2D eigenvalue weighted by Crippen LogP contribution is -2.20. The van der Waals surface area contributed by atoms with Crippen molar-refractivity contribution in [3.8, 4) is 0 Å². The molecule has 0 aliphatic carbocycles. The zero-order chi connectivity index (χ0) is 13.8. The van der Waals surface area contributed by atoms with Crippen LogP contribution in [0, 0.1) is 0 Å². The van der Waals surface area contributed by atoms with Gasteiger partial charge in [-0.1, -0.05) is 44.5 Å². The Balaban J connectivity index is 2.71. The van der Waals surface area contributed by atoms with Gasteiger partial charge in [0.25, 0.3) is 0 Å². The molecule has 4 heteroatoms. The number of ether oxygens (including phenoxy) is 1. The van der Waals surface area contributed by atoms with Gasteiger partial charge in [-0.15, -0.1) is 0 Å². The Hall–Kier alpha value is -1.22. The first-order chi connectivity index (χ1) is 8.34. The number of alkyl carbamates (subject to hydrolysis) is 1. The Bertz CT molecular complexity index is 424. The van der Waals surface area contributed by atoms with Crippen molar-refractivity contribution in [3.63, 3.8) is 0 Å². The number of hydrogen-bond acceptors (Lipinski definition) is 2. The molecule has 0 aromatic heterocycles. The summed E-state index contributed by atoms with van der Waals surface area (Å²) in [5.74, 6) is 0. The van der Waals surface area contributed by atoms with E-state index in [0.717, 1.165) is 16.1 Å². The number of carbonyl (C=O) groups excluding carboxylic acids is 1. The van der Waals surface area contributed by atoms with Gasteiger partial charge in [-0.3, -0.25) is 0 Å². The third-order valence-electron chi connectivity index (χ3n) is 2.67. The molecule has 0 fully saturated rings. The molecule has 1 amide bonds. The van der Waals surface area contributed by atoms with E-state index in [0.29, 0.717) is 13.0 Å². The molecule has 18 heavy (non-hydrogen) atoms. The lowest BCUT2D eigenvalue weighted by molar-refractivity contribution is 0.150. The molecule has 0 aliphatic heterocycles.